The van der Waals surface area contributed by atoms with Crippen LogP contribution in [0.25, 0.3) is 0 Å². The van der Waals surface area contributed by atoms with Crippen molar-refractivity contribution in [3.8, 4) is 0 Å². The Morgan fingerprint density at radius 2 is 2.00 bits per heavy atom. The zero-order valence-corrected chi connectivity index (χ0v) is 9.60. The Hall–Kier alpha value is -0.600. The summed E-state index contributed by atoms with van der Waals surface area (Å²) in [5.41, 5.74) is 1.10. The second-order valence-electron chi connectivity index (χ2n) is 4.24. The van der Waals surface area contributed by atoms with Gasteiger partial charge in [0.2, 0.25) is 0 Å². The fraction of sp³-hybridized carbons (Fsp3) is 0.500. The van der Waals surface area contributed by atoms with Crippen molar-refractivity contribution in [3.63, 3.8) is 0 Å². The molecule has 1 nitrogen and oxygen atoms in total. The van der Waals surface area contributed by atoms with E-state index in [-0.39, 0.29) is 5.82 Å². The van der Waals surface area contributed by atoms with Gasteiger partial charge in [-0.2, -0.15) is 0 Å². The first-order chi connectivity index (χ1) is 7.16. The third-order valence-electron chi connectivity index (χ3n) is 3.12. The highest BCUT2D eigenvalue weighted by atomic mass is 35.5. The molecular formula is C12H15ClFN. The van der Waals surface area contributed by atoms with Gasteiger partial charge in [0.15, 0.2) is 0 Å². The smallest absolute Gasteiger partial charge is 0.124 e. The third kappa shape index (κ3) is 2.50. The first kappa shape index (κ1) is 10.9. The number of hydrogen-bond donors (Lipinski definition) is 0. The van der Waals surface area contributed by atoms with Gasteiger partial charge in [-0.3, -0.25) is 0 Å². The largest absolute Gasteiger partial charge is 0.306 e. The minimum Gasteiger partial charge on any atom is -0.306 e. The van der Waals surface area contributed by atoms with E-state index in [1.807, 2.05) is 6.07 Å². The summed E-state index contributed by atoms with van der Waals surface area (Å²) in [6, 6.07) is 4.74. The van der Waals surface area contributed by atoms with Crippen LogP contribution in [0.4, 0.5) is 4.39 Å². The summed E-state index contributed by atoms with van der Waals surface area (Å²) < 4.78 is 12.9. The summed E-state index contributed by atoms with van der Waals surface area (Å²) in [5, 5.41) is 0.574. The molecule has 0 bridgehead atoms. The van der Waals surface area contributed by atoms with E-state index in [4.69, 9.17) is 11.6 Å². The molecule has 82 valence electrons. The Morgan fingerprint density at radius 3 is 2.60 bits per heavy atom. The van der Waals surface area contributed by atoms with E-state index >= 15 is 0 Å². The molecule has 1 aromatic rings. The summed E-state index contributed by atoms with van der Waals surface area (Å²) in [6.07, 6.45) is 2.23. The molecule has 1 fully saturated rings. The summed E-state index contributed by atoms with van der Waals surface area (Å²) in [4.78, 5) is 2.31. The van der Waals surface area contributed by atoms with Crippen LogP contribution in [-0.2, 0) is 0 Å². The van der Waals surface area contributed by atoms with Crippen LogP contribution in [0.1, 0.15) is 24.3 Å². The van der Waals surface area contributed by atoms with E-state index in [1.165, 1.54) is 12.1 Å². The number of nitrogens with zero attached hydrogens (tertiary/aromatic N) is 1. The number of piperidine rings is 1. The number of halogens is 2. The lowest BCUT2D eigenvalue weighted by molar-refractivity contribution is 0.255. The van der Waals surface area contributed by atoms with E-state index in [9.17, 15) is 4.39 Å². The maximum absolute atomic E-state index is 12.9. The molecule has 0 saturated carbocycles. The predicted octanol–water partition coefficient (Wildman–Crippen LogP) is 3.29. The first-order valence-electron chi connectivity index (χ1n) is 5.30. The maximum atomic E-state index is 12.9. The molecule has 1 aromatic carbocycles. The topological polar surface area (TPSA) is 3.24 Å². The van der Waals surface area contributed by atoms with Gasteiger partial charge in [0.05, 0.1) is 0 Å². The quantitative estimate of drug-likeness (QED) is 0.712. The highest BCUT2D eigenvalue weighted by molar-refractivity contribution is 6.31. The van der Waals surface area contributed by atoms with Gasteiger partial charge >= 0.3 is 0 Å². The van der Waals surface area contributed by atoms with E-state index in [2.05, 4.69) is 11.9 Å². The van der Waals surface area contributed by atoms with Crippen LogP contribution >= 0.6 is 11.6 Å². The summed E-state index contributed by atoms with van der Waals surface area (Å²) in [6.45, 7) is 2.19. The Kier molecular flexibility index (Phi) is 3.27. The Labute approximate surface area is 94.8 Å². The minimum atomic E-state index is -0.253. The van der Waals surface area contributed by atoms with Crippen molar-refractivity contribution in [1.29, 1.82) is 0 Å². The van der Waals surface area contributed by atoms with Crippen LogP contribution in [0, 0.1) is 5.82 Å². The minimum absolute atomic E-state index is 0.253. The maximum Gasteiger partial charge on any atom is 0.124 e. The molecule has 0 radical (unpaired) electrons. The highest BCUT2D eigenvalue weighted by Crippen LogP contribution is 2.32. The monoisotopic (exact) mass is 227 g/mol. The molecule has 1 aliphatic rings. The van der Waals surface area contributed by atoms with Crippen molar-refractivity contribution < 1.29 is 4.39 Å². The number of hydrogen-bond acceptors (Lipinski definition) is 1. The lowest BCUT2D eigenvalue weighted by Crippen LogP contribution is -2.29. The van der Waals surface area contributed by atoms with Crippen molar-refractivity contribution in [2.24, 2.45) is 0 Å². The van der Waals surface area contributed by atoms with Gasteiger partial charge in [0.1, 0.15) is 5.82 Å². The van der Waals surface area contributed by atoms with Crippen LogP contribution in [0.15, 0.2) is 18.2 Å². The van der Waals surface area contributed by atoms with Gasteiger partial charge in [-0.05, 0) is 56.6 Å². The van der Waals surface area contributed by atoms with Crippen LogP contribution < -0.4 is 0 Å². The first-order valence-corrected chi connectivity index (χ1v) is 5.68. The van der Waals surface area contributed by atoms with Gasteiger partial charge in [-0.1, -0.05) is 17.7 Å². The van der Waals surface area contributed by atoms with Crippen LogP contribution in [0.3, 0.4) is 0 Å². The SMILES string of the molecule is CN1CCC(c2ccc(F)cc2Cl)CC1. The second-order valence-corrected chi connectivity index (χ2v) is 4.65. The third-order valence-corrected chi connectivity index (χ3v) is 3.45. The summed E-state index contributed by atoms with van der Waals surface area (Å²) >= 11 is 6.05. The molecule has 15 heavy (non-hydrogen) atoms. The molecule has 0 atom stereocenters. The molecule has 0 amide bonds. The molecule has 0 aliphatic carbocycles. The van der Waals surface area contributed by atoms with Crippen molar-refractivity contribution in [2.75, 3.05) is 20.1 Å². The molecule has 1 heterocycles. The highest BCUT2D eigenvalue weighted by Gasteiger charge is 2.20. The van der Waals surface area contributed by atoms with Gasteiger partial charge in [0.25, 0.3) is 0 Å². The zero-order chi connectivity index (χ0) is 10.8. The van der Waals surface area contributed by atoms with Gasteiger partial charge in [-0.25, -0.2) is 4.39 Å². The molecule has 1 aliphatic heterocycles. The fourth-order valence-corrected chi connectivity index (χ4v) is 2.47. The summed E-state index contributed by atoms with van der Waals surface area (Å²) in [5.74, 6) is 0.242. The fourth-order valence-electron chi connectivity index (χ4n) is 2.15. The second kappa shape index (κ2) is 4.50. The number of rotatable bonds is 1. The Morgan fingerprint density at radius 1 is 1.33 bits per heavy atom. The number of likely N-dealkylation sites (tertiary alicyclic amines) is 1. The molecule has 3 heteroatoms. The molecule has 0 aromatic heterocycles. The molecule has 2 rings (SSSR count). The van der Waals surface area contributed by atoms with Crippen molar-refractivity contribution in [1.82, 2.24) is 4.90 Å². The van der Waals surface area contributed by atoms with Gasteiger partial charge in [0, 0.05) is 5.02 Å². The summed E-state index contributed by atoms with van der Waals surface area (Å²) in [7, 11) is 2.13. The molecule has 0 unspecified atom stereocenters. The van der Waals surface area contributed by atoms with Crippen LogP contribution in [0.2, 0.25) is 5.02 Å². The molecular weight excluding hydrogens is 213 g/mol. The lowest BCUT2D eigenvalue weighted by atomic mass is 9.89. The normalized spacial score (nSPS) is 19.4. The Balaban J connectivity index is 2.15. The zero-order valence-electron chi connectivity index (χ0n) is 8.84. The standard InChI is InChI=1S/C12H15ClFN/c1-15-6-4-9(5-7-15)11-3-2-10(14)8-12(11)13/h2-3,8-9H,4-7H2,1H3. The van der Waals surface area contributed by atoms with Crippen molar-refractivity contribution >= 4 is 11.6 Å². The van der Waals surface area contributed by atoms with E-state index < -0.39 is 0 Å². The van der Waals surface area contributed by atoms with Gasteiger partial charge in [-0.15, -0.1) is 0 Å². The lowest BCUT2D eigenvalue weighted by Gasteiger charge is -2.29. The molecule has 1 saturated heterocycles. The van der Waals surface area contributed by atoms with Crippen LogP contribution in [0.5, 0.6) is 0 Å². The molecule has 0 N–H and O–H groups in total. The van der Waals surface area contributed by atoms with Crippen molar-refractivity contribution in [2.45, 2.75) is 18.8 Å². The van der Waals surface area contributed by atoms with E-state index in [1.54, 1.807) is 0 Å². The average Bonchev–Trinajstić information content (AvgIpc) is 2.20. The van der Waals surface area contributed by atoms with E-state index in [0.29, 0.717) is 10.9 Å². The van der Waals surface area contributed by atoms with Gasteiger partial charge < -0.3 is 4.90 Å². The molecule has 0 spiro atoms. The van der Waals surface area contributed by atoms with E-state index in [0.717, 1.165) is 31.5 Å². The average molecular weight is 228 g/mol. The van der Waals surface area contributed by atoms with Crippen molar-refractivity contribution in [3.05, 3.63) is 34.6 Å². The number of benzene rings is 1. The predicted molar refractivity (Wildman–Crippen MR) is 60.9 cm³/mol. The van der Waals surface area contributed by atoms with Crippen LogP contribution in [-0.4, -0.2) is 25.0 Å². The Bertz CT molecular complexity index is 345.